The van der Waals surface area contributed by atoms with Crippen LogP contribution in [0.4, 0.5) is 5.69 Å². The number of amides is 1. The van der Waals surface area contributed by atoms with Crippen molar-refractivity contribution in [2.45, 2.75) is 39.2 Å². The highest BCUT2D eigenvalue weighted by Gasteiger charge is 2.28. The van der Waals surface area contributed by atoms with Crippen LogP contribution in [0.2, 0.25) is 0 Å². The van der Waals surface area contributed by atoms with Crippen LogP contribution in [0.25, 0.3) is 0 Å². The first-order chi connectivity index (χ1) is 9.60. The third-order valence-electron chi connectivity index (χ3n) is 3.82. The van der Waals surface area contributed by atoms with E-state index in [0.717, 1.165) is 32.4 Å². The zero-order valence-electron chi connectivity index (χ0n) is 12.0. The number of nitrogens with zero attached hydrogens (tertiary/aromatic N) is 2. The molecule has 1 aliphatic rings. The van der Waals surface area contributed by atoms with Gasteiger partial charge in [0, 0.05) is 44.0 Å². The Bertz CT molecular complexity index is 524. The largest absolute Gasteiger partial charge is 0.398 e. The van der Waals surface area contributed by atoms with Crippen LogP contribution in [-0.4, -0.2) is 28.5 Å². The van der Waals surface area contributed by atoms with Gasteiger partial charge in [-0.05, 0) is 24.8 Å². The monoisotopic (exact) mass is 277 g/mol. The zero-order chi connectivity index (χ0) is 14.5. The number of nitrogen functional groups attached to an aromatic ring is 1. The Morgan fingerprint density at radius 3 is 2.85 bits per heavy atom. The van der Waals surface area contributed by atoms with Gasteiger partial charge in [-0.2, -0.15) is 0 Å². The van der Waals surface area contributed by atoms with Gasteiger partial charge in [-0.15, -0.1) is 0 Å². The summed E-state index contributed by atoms with van der Waals surface area (Å²) in [6.07, 6.45) is 5.38. The molecule has 5 nitrogen and oxygen atoms in total. The molecule has 2 N–H and O–H groups in total. The van der Waals surface area contributed by atoms with Crippen molar-refractivity contribution in [3.05, 3.63) is 28.7 Å². The van der Waals surface area contributed by atoms with Crippen molar-refractivity contribution in [3.8, 4) is 0 Å². The van der Waals surface area contributed by atoms with Crippen LogP contribution in [0, 0.1) is 5.92 Å². The summed E-state index contributed by atoms with van der Waals surface area (Å²) in [4.78, 5) is 25.4. The van der Waals surface area contributed by atoms with Crippen molar-refractivity contribution in [2.75, 3.05) is 18.8 Å². The van der Waals surface area contributed by atoms with E-state index in [1.54, 1.807) is 16.8 Å². The maximum Gasteiger partial charge on any atom is 0.250 e. The van der Waals surface area contributed by atoms with Crippen molar-refractivity contribution in [2.24, 2.45) is 5.92 Å². The average molecular weight is 277 g/mol. The molecule has 0 saturated carbocycles. The van der Waals surface area contributed by atoms with Crippen molar-refractivity contribution >= 4 is 11.6 Å². The number of anilines is 1. The normalized spacial score (nSPS) is 18.8. The van der Waals surface area contributed by atoms with E-state index < -0.39 is 0 Å². The molecule has 0 aromatic carbocycles. The van der Waals surface area contributed by atoms with Crippen LogP contribution in [0.3, 0.4) is 0 Å². The predicted octanol–water partition coefficient (Wildman–Crippen LogP) is 1.47. The molecule has 1 saturated heterocycles. The molecule has 0 bridgehead atoms. The molecular formula is C15H23N3O2. The van der Waals surface area contributed by atoms with E-state index in [2.05, 4.69) is 6.92 Å². The summed E-state index contributed by atoms with van der Waals surface area (Å²) < 4.78 is 1.61. The van der Waals surface area contributed by atoms with Crippen LogP contribution in [-0.2, 0) is 11.3 Å². The minimum atomic E-state index is -0.0455. The van der Waals surface area contributed by atoms with E-state index in [1.165, 1.54) is 6.07 Å². The molecule has 20 heavy (non-hydrogen) atoms. The van der Waals surface area contributed by atoms with Crippen molar-refractivity contribution in [1.82, 2.24) is 9.47 Å². The number of pyridine rings is 1. The molecule has 1 unspecified atom stereocenters. The van der Waals surface area contributed by atoms with E-state index in [1.807, 2.05) is 4.90 Å². The first kappa shape index (κ1) is 14.6. The number of aryl methyl sites for hydroxylation is 1. The third kappa shape index (κ3) is 3.62. The van der Waals surface area contributed by atoms with Gasteiger partial charge in [-0.25, -0.2) is 0 Å². The zero-order valence-corrected chi connectivity index (χ0v) is 12.0. The fraction of sp³-hybridized carbons (Fsp3) is 0.600. The Kier molecular flexibility index (Phi) is 4.82. The van der Waals surface area contributed by atoms with E-state index >= 15 is 0 Å². The Morgan fingerprint density at radius 2 is 2.10 bits per heavy atom. The quantitative estimate of drug-likeness (QED) is 0.856. The van der Waals surface area contributed by atoms with Crippen LogP contribution in [0.15, 0.2) is 23.1 Å². The lowest BCUT2D eigenvalue weighted by molar-refractivity contribution is -0.127. The fourth-order valence-corrected chi connectivity index (χ4v) is 2.83. The van der Waals surface area contributed by atoms with Gasteiger partial charge in [0.2, 0.25) is 5.91 Å². The molecule has 0 radical (unpaired) electrons. The van der Waals surface area contributed by atoms with Crippen LogP contribution in [0.1, 0.15) is 32.6 Å². The van der Waals surface area contributed by atoms with E-state index in [4.69, 9.17) is 5.73 Å². The van der Waals surface area contributed by atoms with Crippen molar-refractivity contribution in [1.29, 1.82) is 0 Å². The fourth-order valence-electron chi connectivity index (χ4n) is 2.83. The number of carbonyl (C=O) groups excluding carboxylic acids is 1. The molecule has 2 heterocycles. The smallest absolute Gasteiger partial charge is 0.250 e. The molecule has 1 aliphatic heterocycles. The summed E-state index contributed by atoms with van der Waals surface area (Å²) in [5.74, 6) is 0.769. The molecule has 110 valence electrons. The van der Waals surface area contributed by atoms with Crippen molar-refractivity contribution < 1.29 is 4.79 Å². The Hall–Kier alpha value is -1.78. The molecule has 1 atom stereocenters. The first-order valence-corrected chi connectivity index (χ1v) is 7.34. The lowest BCUT2D eigenvalue weighted by atomic mass is 10.0. The number of likely N-dealkylation sites (tertiary alicyclic amines) is 1. The molecule has 1 aromatic heterocycles. The predicted molar refractivity (Wildman–Crippen MR) is 79.3 cm³/mol. The number of hydrogen-bond donors (Lipinski definition) is 1. The molecule has 1 amide bonds. The molecule has 0 spiro atoms. The second kappa shape index (κ2) is 6.59. The first-order valence-electron chi connectivity index (χ1n) is 7.34. The van der Waals surface area contributed by atoms with Crippen molar-refractivity contribution in [3.63, 3.8) is 0 Å². The highest BCUT2D eigenvalue weighted by molar-refractivity contribution is 5.78. The van der Waals surface area contributed by atoms with Gasteiger partial charge < -0.3 is 15.2 Å². The highest BCUT2D eigenvalue weighted by Crippen LogP contribution is 2.22. The van der Waals surface area contributed by atoms with Gasteiger partial charge in [0.1, 0.15) is 0 Å². The molecule has 0 aliphatic carbocycles. The summed E-state index contributed by atoms with van der Waals surface area (Å²) in [6.45, 7) is 4.35. The van der Waals surface area contributed by atoms with Gasteiger partial charge in [0.15, 0.2) is 0 Å². The van der Waals surface area contributed by atoms with Gasteiger partial charge in [-0.3, -0.25) is 9.59 Å². The molecule has 1 aromatic rings. The second-order valence-corrected chi connectivity index (χ2v) is 5.55. The van der Waals surface area contributed by atoms with Gasteiger partial charge >= 0.3 is 0 Å². The number of rotatable bonds is 6. The number of aromatic nitrogens is 1. The minimum Gasteiger partial charge on any atom is -0.398 e. The number of carbonyl (C=O) groups is 1. The summed E-state index contributed by atoms with van der Waals surface area (Å²) >= 11 is 0. The van der Waals surface area contributed by atoms with E-state index in [-0.39, 0.29) is 11.5 Å². The summed E-state index contributed by atoms with van der Waals surface area (Å²) in [7, 11) is 0. The number of hydrogen-bond acceptors (Lipinski definition) is 3. The Morgan fingerprint density at radius 1 is 1.30 bits per heavy atom. The van der Waals surface area contributed by atoms with Gasteiger partial charge in [0.25, 0.3) is 5.56 Å². The van der Waals surface area contributed by atoms with Gasteiger partial charge in [0.05, 0.1) is 0 Å². The molecule has 2 rings (SSSR count). The average Bonchev–Trinajstić information content (AvgIpc) is 2.75. The Balaban J connectivity index is 1.83. The lowest BCUT2D eigenvalue weighted by Crippen LogP contribution is -2.28. The number of nitrogens with two attached hydrogens (primary N) is 1. The summed E-state index contributed by atoms with van der Waals surface area (Å²) in [6, 6.07) is 3.09. The maximum absolute atomic E-state index is 11.9. The minimum absolute atomic E-state index is 0.0455. The topological polar surface area (TPSA) is 68.3 Å². The lowest BCUT2D eigenvalue weighted by Gasteiger charge is -2.17. The van der Waals surface area contributed by atoms with Crippen LogP contribution in [0.5, 0.6) is 0 Å². The highest BCUT2D eigenvalue weighted by atomic mass is 16.2. The van der Waals surface area contributed by atoms with Crippen LogP contribution >= 0.6 is 0 Å². The van der Waals surface area contributed by atoms with Gasteiger partial charge in [-0.1, -0.05) is 13.3 Å². The summed E-state index contributed by atoms with van der Waals surface area (Å²) in [5, 5.41) is 0. The molecule has 1 fully saturated rings. The third-order valence-corrected chi connectivity index (χ3v) is 3.82. The summed E-state index contributed by atoms with van der Waals surface area (Å²) in [5.41, 5.74) is 6.21. The van der Waals surface area contributed by atoms with E-state index in [9.17, 15) is 9.59 Å². The molecule has 5 heteroatoms. The second-order valence-electron chi connectivity index (χ2n) is 5.55. The Labute approximate surface area is 119 Å². The maximum atomic E-state index is 11.9. The van der Waals surface area contributed by atoms with E-state index in [0.29, 0.717) is 24.6 Å². The standard InChI is InChI=1S/C15H23N3O2/c1-2-4-12-9-15(20)17(10-12)7-3-8-18-11-13(16)5-6-14(18)19/h5-6,11-12H,2-4,7-10,16H2,1H3. The SMILES string of the molecule is CCCC1CC(=O)N(CCCn2cc(N)ccc2=O)C1. The molecular weight excluding hydrogens is 254 g/mol. The van der Waals surface area contributed by atoms with Crippen LogP contribution < -0.4 is 11.3 Å².